The van der Waals surface area contributed by atoms with Crippen molar-refractivity contribution in [3.05, 3.63) is 64.2 Å². The SMILES string of the molecule is Cc1c(C(=O)C(=O)NC2(C(N)=C[NH3+])CC2)c2n(c1C(=O)Nc1ccc(F)c(F)c1)CCC2. The maximum absolute atomic E-state index is 13.5. The number of carbonyl (C=O) groups excluding carboxylic acids is 3. The largest absolute Gasteiger partial charge is 0.396 e. The van der Waals surface area contributed by atoms with Gasteiger partial charge < -0.3 is 26.7 Å². The summed E-state index contributed by atoms with van der Waals surface area (Å²) in [6.45, 7) is 2.11. The monoisotopic (exact) mass is 444 g/mol. The normalized spacial score (nSPS) is 16.4. The number of carbonyl (C=O) groups is 3. The van der Waals surface area contributed by atoms with Crippen LogP contribution in [0, 0.1) is 18.6 Å². The molecule has 0 spiro atoms. The first-order chi connectivity index (χ1) is 15.2. The van der Waals surface area contributed by atoms with Crippen LogP contribution in [-0.2, 0) is 17.8 Å². The Hall–Kier alpha value is -3.53. The van der Waals surface area contributed by atoms with Gasteiger partial charge in [-0.3, -0.25) is 14.4 Å². The second-order valence-electron chi connectivity index (χ2n) is 8.16. The van der Waals surface area contributed by atoms with Gasteiger partial charge in [-0.05, 0) is 50.3 Å². The molecule has 1 saturated carbocycles. The molecule has 1 fully saturated rings. The van der Waals surface area contributed by atoms with Crippen molar-refractivity contribution in [2.75, 3.05) is 5.32 Å². The lowest BCUT2D eigenvalue weighted by Crippen LogP contribution is -2.49. The van der Waals surface area contributed by atoms with Gasteiger partial charge in [-0.2, -0.15) is 0 Å². The van der Waals surface area contributed by atoms with E-state index in [1.165, 1.54) is 12.3 Å². The molecule has 1 aliphatic carbocycles. The molecule has 1 aliphatic heterocycles. The Bertz CT molecular complexity index is 1180. The molecule has 1 aromatic heterocycles. The van der Waals surface area contributed by atoms with Gasteiger partial charge in [0.15, 0.2) is 11.6 Å². The number of halogens is 2. The molecule has 0 unspecified atom stereocenters. The number of aromatic nitrogens is 1. The fraction of sp³-hybridized carbons (Fsp3) is 0.318. The highest BCUT2D eigenvalue weighted by Crippen LogP contribution is 2.40. The molecule has 2 aliphatic rings. The van der Waals surface area contributed by atoms with Crippen LogP contribution in [0.5, 0.6) is 0 Å². The third kappa shape index (κ3) is 3.56. The van der Waals surface area contributed by atoms with E-state index in [9.17, 15) is 23.2 Å². The number of anilines is 1. The minimum Gasteiger partial charge on any atom is -0.396 e. The van der Waals surface area contributed by atoms with Crippen molar-refractivity contribution in [1.82, 2.24) is 9.88 Å². The number of Topliss-reactive ketones (excluding diaryl/α,β-unsaturated/α-hetero) is 1. The van der Waals surface area contributed by atoms with E-state index in [1.54, 1.807) is 11.5 Å². The van der Waals surface area contributed by atoms with Gasteiger partial charge in [0.25, 0.3) is 17.6 Å². The van der Waals surface area contributed by atoms with Crippen molar-refractivity contribution < 1.29 is 28.9 Å². The van der Waals surface area contributed by atoms with E-state index in [-0.39, 0.29) is 16.9 Å². The van der Waals surface area contributed by atoms with Gasteiger partial charge in [0.1, 0.15) is 11.9 Å². The van der Waals surface area contributed by atoms with Crippen molar-refractivity contribution in [1.29, 1.82) is 0 Å². The summed E-state index contributed by atoms with van der Waals surface area (Å²) in [5.41, 5.74) is 10.7. The van der Waals surface area contributed by atoms with Gasteiger partial charge in [-0.15, -0.1) is 0 Å². The Kier molecular flexibility index (Phi) is 5.33. The average Bonchev–Trinajstić information content (AvgIpc) is 3.29. The van der Waals surface area contributed by atoms with E-state index in [0.29, 0.717) is 49.2 Å². The lowest BCUT2D eigenvalue weighted by Gasteiger charge is -2.16. The van der Waals surface area contributed by atoms with Crippen LogP contribution in [0.3, 0.4) is 0 Å². The molecule has 0 atom stereocenters. The highest BCUT2D eigenvalue weighted by Gasteiger charge is 2.48. The first kappa shape index (κ1) is 21.7. The number of nitrogens with one attached hydrogen (secondary N) is 2. The Balaban J connectivity index is 1.63. The standard InChI is InChI=1S/C22H23F2N5O3/c1-11-17(19(30)21(32)28-22(6-7-22)16(26)10-25)15-3-2-8-29(15)18(11)20(31)27-12-4-5-13(23)14(24)9-12/h4-5,9-10H,2-3,6-8,25-26H2,1H3,(H,27,31)(H,28,32)/p+1. The van der Waals surface area contributed by atoms with Crippen LogP contribution in [0.15, 0.2) is 30.1 Å². The third-order valence-corrected chi connectivity index (χ3v) is 6.11. The quantitative estimate of drug-likeness (QED) is 0.393. The summed E-state index contributed by atoms with van der Waals surface area (Å²) in [6, 6.07) is 3.04. The van der Waals surface area contributed by atoms with Crippen molar-refractivity contribution in [2.45, 2.75) is 44.7 Å². The van der Waals surface area contributed by atoms with E-state index in [2.05, 4.69) is 16.4 Å². The van der Waals surface area contributed by atoms with Crippen LogP contribution < -0.4 is 22.1 Å². The summed E-state index contributed by atoms with van der Waals surface area (Å²) >= 11 is 0. The lowest BCUT2D eigenvalue weighted by molar-refractivity contribution is -0.276. The fourth-order valence-electron chi connectivity index (χ4n) is 4.27. The highest BCUT2D eigenvalue weighted by molar-refractivity contribution is 6.44. The predicted octanol–water partition coefficient (Wildman–Crippen LogP) is 1.15. The number of ketones is 1. The highest BCUT2D eigenvalue weighted by atomic mass is 19.2. The second-order valence-corrected chi connectivity index (χ2v) is 8.16. The average molecular weight is 444 g/mol. The Morgan fingerprint density at radius 2 is 1.94 bits per heavy atom. The van der Waals surface area contributed by atoms with Crippen LogP contribution in [0.4, 0.5) is 14.5 Å². The van der Waals surface area contributed by atoms with E-state index in [1.807, 2.05) is 0 Å². The van der Waals surface area contributed by atoms with Gasteiger partial charge in [0, 0.05) is 24.0 Å². The topological polar surface area (TPSA) is 134 Å². The second kappa shape index (κ2) is 7.86. The summed E-state index contributed by atoms with van der Waals surface area (Å²) in [4.78, 5) is 38.8. The lowest BCUT2D eigenvalue weighted by atomic mass is 10.0. The van der Waals surface area contributed by atoms with Gasteiger partial charge in [0.05, 0.1) is 16.8 Å². The number of fused-ring (bicyclic) bond motifs is 1. The number of hydrogen-bond acceptors (Lipinski definition) is 4. The molecular weight excluding hydrogens is 420 g/mol. The molecule has 0 bridgehead atoms. The van der Waals surface area contributed by atoms with Crippen LogP contribution >= 0.6 is 0 Å². The minimum absolute atomic E-state index is 0.0820. The molecule has 10 heteroatoms. The van der Waals surface area contributed by atoms with Crippen molar-refractivity contribution in [3.63, 3.8) is 0 Å². The van der Waals surface area contributed by atoms with Crippen LogP contribution in [0.2, 0.25) is 0 Å². The van der Waals surface area contributed by atoms with Gasteiger partial charge in [-0.1, -0.05) is 0 Å². The number of quaternary nitrogens is 1. The van der Waals surface area contributed by atoms with E-state index >= 15 is 0 Å². The zero-order chi connectivity index (χ0) is 23.2. The fourth-order valence-corrected chi connectivity index (χ4v) is 4.27. The molecule has 32 heavy (non-hydrogen) atoms. The molecule has 0 saturated heterocycles. The third-order valence-electron chi connectivity index (χ3n) is 6.11. The molecule has 2 amide bonds. The maximum atomic E-state index is 13.5. The summed E-state index contributed by atoms with van der Waals surface area (Å²) in [7, 11) is 0. The van der Waals surface area contributed by atoms with Crippen LogP contribution in [0.1, 0.15) is 51.4 Å². The first-order valence-corrected chi connectivity index (χ1v) is 10.3. The number of nitrogens with two attached hydrogens (primary N) is 1. The first-order valence-electron chi connectivity index (χ1n) is 10.3. The molecule has 7 N–H and O–H groups in total. The van der Waals surface area contributed by atoms with Gasteiger partial charge in [0.2, 0.25) is 0 Å². The number of hydrogen-bond donors (Lipinski definition) is 4. The van der Waals surface area contributed by atoms with Gasteiger partial charge in [-0.25, -0.2) is 8.78 Å². The molecule has 2 aromatic rings. The Morgan fingerprint density at radius 1 is 1.22 bits per heavy atom. The molecule has 8 nitrogen and oxygen atoms in total. The zero-order valence-electron chi connectivity index (χ0n) is 17.6. The van der Waals surface area contributed by atoms with E-state index in [4.69, 9.17) is 5.73 Å². The Labute approximate surface area is 182 Å². The van der Waals surface area contributed by atoms with Crippen molar-refractivity contribution in [2.24, 2.45) is 5.73 Å². The number of nitrogens with zero attached hydrogens (tertiary/aromatic N) is 1. The predicted molar refractivity (Wildman–Crippen MR) is 111 cm³/mol. The van der Waals surface area contributed by atoms with Crippen LogP contribution in [0.25, 0.3) is 0 Å². The molecule has 4 rings (SSSR count). The van der Waals surface area contributed by atoms with E-state index in [0.717, 1.165) is 12.1 Å². The maximum Gasteiger partial charge on any atom is 0.293 e. The zero-order valence-corrected chi connectivity index (χ0v) is 17.6. The Morgan fingerprint density at radius 3 is 2.56 bits per heavy atom. The van der Waals surface area contributed by atoms with Gasteiger partial charge >= 0.3 is 0 Å². The summed E-state index contributed by atoms with van der Waals surface area (Å²) in [5, 5.41) is 5.26. The number of rotatable bonds is 6. The summed E-state index contributed by atoms with van der Waals surface area (Å²) in [5.74, 6) is -4.20. The molecule has 0 radical (unpaired) electrons. The molecule has 168 valence electrons. The number of benzene rings is 1. The van der Waals surface area contributed by atoms with Crippen molar-refractivity contribution >= 4 is 23.3 Å². The van der Waals surface area contributed by atoms with Crippen molar-refractivity contribution in [3.8, 4) is 0 Å². The number of amides is 2. The molecule has 1 aromatic carbocycles. The molecule has 2 heterocycles. The molecular formula is C22H24F2N5O3+. The van der Waals surface area contributed by atoms with E-state index < -0.39 is 34.8 Å². The smallest absolute Gasteiger partial charge is 0.293 e. The minimum atomic E-state index is -1.09. The summed E-state index contributed by atoms with van der Waals surface area (Å²) in [6.07, 6.45) is 3.96. The summed E-state index contributed by atoms with van der Waals surface area (Å²) < 4.78 is 28.4. The van der Waals surface area contributed by atoms with Crippen LogP contribution in [-0.4, -0.2) is 27.7 Å².